The highest BCUT2D eigenvalue weighted by molar-refractivity contribution is 7.89. The Hall–Kier alpha value is -1.33. The molecule has 1 atom stereocenters. The second kappa shape index (κ2) is 3.65. The molecule has 5 heteroatoms. The van der Waals surface area contributed by atoms with Crippen LogP contribution in [0.4, 0.5) is 0 Å². The van der Waals surface area contributed by atoms with E-state index in [4.69, 9.17) is 0 Å². The van der Waals surface area contributed by atoms with Gasteiger partial charge in [0, 0.05) is 23.1 Å². The summed E-state index contributed by atoms with van der Waals surface area (Å²) >= 11 is 0. The zero-order chi connectivity index (χ0) is 14.1. The van der Waals surface area contributed by atoms with Gasteiger partial charge in [0.2, 0.25) is 10.0 Å². The number of benzene rings is 1. The van der Waals surface area contributed by atoms with Crippen LogP contribution in [-0.4, -0.2) is 30.0 Å². The molecule has 20 heavy (non-hydrogen) atoms. The molecule has 0 saturated carbocycles. The number of hydrogen-bond donors (Lipinski definition) is 1. The molecule has 0 unspecified atom stereocenters. The second-order valence-electron chi connectivity index (χ2n) is 6.14. The van der Waals surface area contributed by atoms with E-state index in [1.165, 1.54) is 16.5 Å². The smallest absolute Gasteiger partial charge is 0.215 e. The van der Waals surface area contributed by atoms with Crippen LogP contribution in [0.3, 0.4) is 0 Å². The first-order valence-corrected chi connectivity index (χ1v) is 8.65. The van der Waals surface area contributed by atoms with Crippen LogP contribution in [0.2, 0.25) is 0 Å². The highest BCUT2D eigenvalue weighted by Gasteiger charge is 2.51. The van der Waals surface area contributed by atoms with Crippen molar-refractivity contribution in [1.29, 1.82) is 0 Å². The average molecular weight is 290 g/mol. The monoisotopic (exact) mass is 290 g/mol. The zero-order valence-electron chi connectivity index (χ0n) is 11.7. The lowest BCUT2D eigenvalue weighted by atomic mass is 9.86. The maximum Gasteiger partial charge on any atom is 0.215 e. The quantitative estimate of drug-likeness (QED) is 0.809. The lowest BCUT2D eigenvalue weighted by molar-refractivity contribution is 0.208. The molecule has 1 N–H and O–H groups in total. The van der Waals surface area contributed by atoms with Crippen molar-refractivity contribution in [2.45, 2.75) is 32.2 Å². The number of para-hydroxylation sites is 1. The van der Waals surface area contributed by atoms with Gasteiger partial charge in [0.15, 0.2) is 0 Å². The van der Waals surface area contributed by atoms with Crippen molar-refractivity contribution in [2.24, 2.45) is 0 Å². The lowest BCUT2D eigenvalue weighted by Crippen LogP contribution is -2.45. The summed E-state index contributed by atoms with van der Waals surface area (Å²) in [6, 6.07) is 6.31. The molecule has 0 radical (unpaired) electrons. The van der Waals surface area contributed by atoms with Gasteiger partial charge >= 0.3 is 0 Å². The van der Waals surface area contributed by atoms with E-state index >= 15 is 0 Å². The summed E-state index contributed by atoms with van der Waals surface area (Å²) in [4.78, 5) is 3.53. The first kappa shape index (κ1) is 12.4. The molecule has 1 aromatic carbocycles. The van der Waals surface area contributed by atoms with Crippen molar-refractivity contribution >= 4 is 20.9 Å². The van der Waals surface area contributed by atoms with E-state index in [9.17, 15) is 8.42 Å². The number of nitrogens with one attached hydrogen (secondary N) is 1. The van der Waals surface area contributed by atoms with Gasteiger partial charge in [-0.2, -0.15) is 4.31 Å². The molecule has 1 fully saturated rings. The molecule has 1 aromatic heterocycles. The van der Waals surface area contributed by atoms with E-state index in [2.05, 4.69) is 37.0 Å². The predicted octanol–water partition coefficient (Wildman–Crippen LogP) is 2.28. The number of sulfonamides is 1. The van der Waals surface area contributed by atoms with E-state index in [0.29, 0.717) is 13.0 Å². The number of fused-ring (bicyclic) bond motifs is 5. The largest absolute Gasteiger partial charge is 0.356 e. The van der Waals surface area contributed by atoms with Crippen molar-refractivity contribution in [2.75, 3.05) is 12.3 Å². The van der Waals surface area contributed by atoms with Crippen LogP contribution in [0.25, 0.3) is 10.9 Å². The molecule has 0 aliphatic carbocycles. The van der Waals surface area contributed by atoms with Gasteiger partial charge in [0.05, 0.1) is 11.3 Å². The molecule has 0 amide bonds. The van der Waals surface area contributed by atoms with Crippen LogP contribution in [-0.2, 0) is 22.0 Å². The Balaban J connectivity index is 2.03. The number of H-pyrrole nitrogens is 1. The zero-order valence-corrected chi connectivity index (χ0v) is 12.5. The predicted molar refractivity (Wildman–Crippen MR) is 79.2 cm³/mol. The summed E-state index contributed by atoms with van der Waals surface area (Å²) in [5, 5.41) is 1.25. The van der Waals surface area contributed by atoms with E-state index in [0.717, 1.165) is 17.6 Å². The molecular weight excluding hydrogens is 272 g/mol. The summed E-state index contributed by atoms with van der Waals surface area (Å²) in [6.07, 6.45) is 1.47. The van der Waals surface area contributed by atoms with Crippen molar-refractivity contribution in [1.82, 2.24) is 9.29 Å². The molecule has 2 aromatic rings. The normalized spacial score (nSPS) is 28.5. The average Bonchev–Trinajstić information content (AvgIpc) is 2.89. The minimum absolute atomic E-state index is 0.261. The first-order valence-electron chi connectivity index (χ1n) is 7.05. The topological polar surface area (TPSA) is 53.2 Å². The number of aromatic nitrogens is 1. The van der Waals surface area contributed by atoms with Crippen molar-refractivity contribution < 1.29 is 8.42 Å². The fourth-order valence-corrected chi connectivity index (χ4v) is 5.90. The van der Waals surface area contributed by atoms with E-state index in [-0.39, 0.29) is 5.75 Å². The van der Waals surface area contributed by atoms with Gasteiger partial charge in [-0.25, -0.2) is 8.42 Å². The summed E-state index contributed by atoms with van der Waals surface area (Å²) in [6.45, 7) is 4.75. The fraction of sp³-hybridized carbons (Fsp3) is 0.467. The van der Waals surface area contributed by atoms with E-state index in [1.807, 2.05) is 0 Å². The molecule has 106 valence electrons. The number of nitrogens with zero attached hydrogens (tertiary/aromatic N) is 1. The van der Waals surface area contributed by atoms with Gasteiger partial charge in [0.1, 0.15) is 0 Å². The standard InChI is InChI=1S/C15H18N2O2S/c1-10-4-3-5-11-12-6-8-17-15(2,7-9-20(17,18)19)14(12)16-13(10)11/h3-5,16H,6-9H2,1-2H3/t15-/m1/s1. The van der Waals surface area contributed by atoms with E-state index < -0.39 is 15.6 Å². The van der Waals surface area contributed by atoms with Crippen LogP contribution in [0.15, 0.2) is 18.2 Å². The van der Waals surface area contributed by atoms with Crippen LogP contribution >= 0.6 is 0 Å². The Labute approximate surface area is 118 Å². The molecule has 2 aliphatic rings. The minimum atomic E-state index is -3.08. The molecule has 0 bridgehead atoms. The molecule has 1 saturated heterocycles. The van der Waals surface area contributed by atoms with Gasteiger partial charge in [-0.1, -0.05) is 18.2 Å². The fourth-order valence-electron chi connectivity index (χ4n) is 3.86. The van der Waals surface area contributed by atoms with E-state index in [1.54, 1.807) is 4.31 Å². The van der Waals surface area contributed by atoms with Crippen molar-refractivity contribution in [3.05, 3.63) is 35.0 Å². The molecular formula is C15H18N2O2S. The van der Waals surface area contributed by atoms with Crippen molar-refractivity contribution in [3.8, 4) is 0 Å². The van der Waals surface area contributed by atoms with Gasteiger partial charge in [-0.05, 0) is 37.8 Å². The first-order chi connectivity index (χ1) is 9.43. The number of rotatable bonds is 0. The third kappa shape index (κ3) is 1.37. The summed E-state index contributed by atoms with van der Waals surface area (Å²) in [7, 11) is -3.08. The second-order valence-corrected chi connectivity index (χ2v) is 8.15. The number of aryl methyl sites for hydroxylation is 1. The molecule has 4 rings (SSSR count). The van der Waals surface area contributed by atoms with Gasteiger partial charge in [-0.3, -0.25) is 0 Å². The molecule has 2 aliphatic heterocycles. The molecule has 3 heterocycles. The van der Waals surface area contributed by atoms with Crippen molar-refractivity contribution in [3.63, 3.8) is 0 Å². The minimum Gasteiger partial charge on any atom is -0.356 e. The van der Waals surface area contributed by atoms with Gasteiger partial charge < -0.3 is 4.98 Å². The Morgan fingerprint density at radius 1 is 1.35 bits per heavy atom. The maximum absolute atomic E-state index is 12.2. The number of aromatic amines is 1. The SMILES string of the molecule is Cc1cccc2c3c([nH]c12)[C@@]1(C)CCS(=O)(=O)N1CC3. The summed E-state index contributed by atoms with van der Waals surface area (Å²) in [5.74, 6) is 0.261. The summed E-state index contributed by atoms with van der Waals surface area (Å²) < 4.78 is 26.1. The Morgan fingerprint density at radius 2 is 2.15 bits per heavy atom. The highest BCUT2D eigenvalue weighted by Crippen LogP contribution is 2.46. The number of hydrogen-bond acceptors (Lipinski definition) is 2. The Morgan fingerprint density at radius 3 is 2.95 bits per heavy atom. The molecule has 0 spiro atoms. The van der Waals surface area contributed by atoms with Crippen LogP contribution in [0.1, 0.15) is 30.2 Å². The highest BCUT2D eigenvalue weighted by atomic mass is 32.2. The Kier molecular flexibility index (Phi) is 2.27. The lowest BCUT2D eigenvalue weighted by Gasteiger charge is -2.37. The third-order valence-corrected chi connectivity index (χ3v) is 6.96. The van der Waals surface area contributed by atoms with Crippen LogP contribution in [0.5, 0.6) is 0 Å². The van der Waals surface area contributed by atoms with Crippen LogP contribution < -0.4 is 0 Å². The van der Waals surface area contributed by atoms with Gasteiger partial charge in [0.25, 0.3) is 0 Å². The summed E-state index contributed by atoms with van der Waals surface area (Å²) in [5.41, 5.74) is 4.39. The third-order valence-electron chi connectivity index (χ3n) is 4.99. The van der Waals surface area contributed by atoms with Crippen LogP contribution in [0, 0.1) is 6.92 Å². The Bertz CT molecular complexity index is 822. The maximum atomic E-state index is 12.2. The molecule has 4 nitrogen and oxygen atoms in total. The van der Waals surface area contributed by atoms with Gasteiger partial charge in [-0.15, -0.1) is 0 Å².